The summed E-state index contributed by atoms with van der Waals surface area (Å²) in [6.45, 7) is 6.15. The molecule has 2 aliphatic rings. The fourth-order valence-electron chi connectivity index (χ4n) is 4.92. The van der Waals surface area contributed by atoms with Crippen molar-refractivity contribution in [2.24, 2.45) is 0 Å². The third kappa shape index (κ3) is 5.86. The summed E-state index contributed by atoms with van der Waals surface area (Å²) < 4.78 is 25.4. The molecular weight excluding hydrogens is 492 g/mol. The van der Waals surface area contributed by atoms with Gasteiger partial charge in [-0.1, -0.05) is 0 Å². The van der Waals surface area contributed by atoms with Crippen LogP contribution in [0.15, 0.2) is 42.9 Å². The Labute approximate surface area is 216 Å². The Morgan fingerprint density at radius 1 is 1.11 bits per heavy atom. The first-order chi connectivity index (χ1) is 17.6. The van der Waals surface area contributed by atoms with Crippen molar-refractivity contribution in [1.29, 1.82) is 0 Å². The molecule has 5 rings (SSSR count). The van der Waals surface area contributed by atoms with Crippen LogP contribution in [0.5, 0.6) is 0 Å². The van der Waals surface area contributed by atoms with E-state index >= 15 is 0 Å². The maximum Gasteiger partial charge on any atom is 0.254 e. The van der Waals surface area contributed by atoms with Gasteiger partial charge in [0.15, 0.2) is 0 Å². The van der Waals surface area contributed by atoms with Crippen LogP contribution in [0, 0.1) is 6.92 Å². The van der Waals surface area contributed by atoms with Crippen molar-refractivity contribution in [3.63, 3.8) is 0 Å². The van der Waals surface area contributed by atoms with Gasteiger partial charge in [0, 0.05) is 60.9 Å². The van der Waals surface area contributed by atoms with Crippen molar-refractivity contribution >= 4 is 33.4 Å². The monoisotopic (exact) mass is 522 g/mol. The molecule has 3 aromatic heterocycles. The van der Waals surface area contributed by atoms with Crippen LogP contribution in [0.1, 0.15) is 47.1 Å². The Morgan fingerprint density at radius 3 is 2.68 bits per heavy atom. The molecule has 2 N–H and O–H groups in total. The highest BCUT2D eigenvalue weighted by Crippen LogP contribution is 2.30. The Morgan fingerprint density at radius 2 is 1.95 bits per heavy atom. The van der Waals surface area contributed by atoms with Crippen LogP contribution in [0.2, 0.25) is 0 Å². The number of rotatable bonds is 6. The topological polar surface area (TPSA) is 133 Å². The number of fused-ring (bicyclic) bond motifs is 1. The summed E-state index contributed by atoms with van der Waals surface area (Å²) in [4.78, 5) is 35.0. The number of carbonyl (C=O) groups is 1. The van der Waals surface area contributed by atoms with Crippen LogP contribution in [-0.4, -0.2) is 68.9 Å². The van der Waals surface area contributed by atoms with Crippen molar-refractivity contribution in [2.45, 2.75) is 51.9 Å². The van der Waals surface area contributed by atoms with Crippen LogP contribution in [0.4, 0.5) is 17.5 Å². The fourth-order valence-corrected chi connectivity index (χ4v) is 5.41. The second kappa shape index (κ2) is 10.0. The second-order valence-electron chi connectivity index (χ2n) is 9.71. The lowest BCUT2D eigenvalue weighted by molar-refractivity contribution is 0.0460. The molecule has 5 heterocycles. The summed E-state index contributed by atoms with van der Waals surface area (Å²) in [5, 5.41) is 3.22. The fraction of sp³-hybridized carbons (Fsp3) is 0.400. The molecule has 37 heavy (non-hydrogen) atoms. The van der Waals surface area contributed by atoms with Crippen molar-refractivity contribution in [1.82, 2.24) is 29.7 Å². The van der Waals surface area contributed by atoms with Gasteiger partial charge in [-0.25, -0.2) is 23.4 Å². The highest BCUT2D eigenvalue weighted by molar-refractivity contribution is 7.92. The molecule has 0 spiro atoms. The van der Waals surface area contributed by atoms with Gasteiger partial charge in [0.1, 0.15) is 5.82 Å². The smallest absolute Gasteiger partial charge is 0.254 e. The maximum absolute atomic E-state index is 13.2. The van der Waals surface area contributed by atoms with E-state index in [4.69, 9.17) is 4.98 Å². The minimum Gasteiger partial charge on any atom is -0.336 e. The van der Waals surface area contributed by atoms with Gasteiger partial charge in [0.2, 0.25) is 16.0 Å². The number of likely N-dealkylation sites (tertiary alicyclic amines) is 1. The molecule has 0 bridgehead atoms. The van der Waals surface area contributed by atoms with Crippen molar-refractivity contribution in [3.8, 4) is 0 Å². The number of anilines is 3. The SMILES string of the molecule is Cc1ccc(Nc2ncc3c(n2)CN(C2CCN(C(=O)c4ccnc(NS(C)(=O)=O)c4)[C@H](C)C2)C3)cn1. The third-order valence-corrected chi connectivity index (χ3v) is 7.35. The summed E-state index contributed by atoms with van der Waals surface area (Å²) in [6.07, 6.45) is 7.84. The van der Waals surface area contributed by atoms with Gasteiger partial charge >= 0.3 is 0 Å². The lowest BCUT2D eigenvalue weighted by Gasteiger charge is -2.41. The Balaban J connectivity index is 1.20. The van der Waals surface area contributed by atoms with Gasteiger partial charge in [-0.3, -0.25) is 19.4 Å². The third-order valence-electron chi connectivity index (χ3n) is 6.77. The predicted octanol–water partition coefficient (Wildman–Crippen LogP) is 2.70. The molecule has 1 amide bonds. The second-order valence-corrected chi connectivity index (χ2v) is 11.5. The van der Waals surface area contributed by atoms with E-state index in [1.54, 1.807) is 12.3 Å². The van der Waals surface area contributed by atoms with E-state index < -0.39 is 10.0 Å². The van der Waals surface area contributed by atoms with Gasteiger partial charge < -0.3 is 10.2 Å². The quantitative estimate of drug-likeness (QED) is 0.501. The number of nitrogens with zero attached hydrogens (tertiary/aromatic N) is 6. The van der Waals surface area contributed by atoms with E-state index in [0.29, 0.717) is 24.1 Å². The number of hydrogen-bond acceptors (Lipinski definition) is 9. The van der Waals surface area contributed by atoms with E-state index in [2.05, 4.69) is 36.8 Å². The number of nitrogens with one attached hydrogen (secondary N) is 2. The summed E-state index contributed by atoms with van der Waals surface area (Å²) >= 11 is 0. The molecule has 11 nitrogen and oxygen atoms in total. The molecule has 0 aliphatic carbocycles. The largest absolute Gasteiger partial charge is 0.336 e. The molecule has 0 radical (unpaired) electrons. The first kappa shape index (κ1) is 25.0. The Hall–Kier alpha value is -3.64. The minimum absolute atomic E-state index is 0.0341. The molecule has 0 aromatic carbocycles. The van der Waals surface area contributed by atoms with Crippen molar-refractivity contribution in [3.05, 3.63) is 65.4 Å². The highest BCUT2D eigenvalue weighted by atomic mass is 32.2. The number of amides is 1. The first-order valence-corrected chi connectivity index (χ1v) is 14.1. The molecule has 2 aliphatic heterocycles. The van der Waals surface area contributed by atoms with E-state index in [9.17, 15) is 13.2 Å². The number of hydrogen-bond donors (Lipinski definition) is 2. The number of piperidine rings is 1. The molecular formula is C25H30N8O3S. The number of sulfonamides is 1. The van der Waals surface area contributed by atoms with Gasteiger partial charge in [-0.2, -0.15) is 0 Å². The molecule has 1 fully saturated rings. The van der Waals surface area contributed by atoms with Gasteiger partial charge in [0.05, 0.1) is 23.8 Å². The Bertz CT molecular complexity index is 1410. The van der Waals surface area contributed by atoms with Crippen LogP contribution >= 0.6 is 0 Å². The molecule has 1 unspecified atom stereocenters. The molecule has 3 aromatic rings. The van der Waals surface area contributed by atoms with E-state index in [1.165, 1.54) is 12.3 Å². The predicted molar refractivity (Wildman–Crippen MR) is 140 cm³/mol. The first-order valence-electron chi connectivity index (χ1n) is 12.2. The summed E-state index contributed by atoms with van der Waals surface area (Å²) in [5.74, 6) is 0.572. The number of pyridine rings is 2. The van der Waals surface area contributed by atoms with Gasteiger partial charge in [-0.15, -0.1) is 0 Å². The molecule has 0 saturated carbocycles. The molecule has 194 valence electrons. The van der Waals surface area contributed by atoms with Crippen LogP contribution in [0.3, 0.4) is 0 Å². The summed E-state index contributed by atoms with van der Waals surface area (Å²) in [7, 11) is -3.47. The normalized spacial score (nSPS) is 19.9. The van der Waals surface area contributed by atoms with E-state index in [-0.39, 0.29) is 17.8 Å². The number of aryl methyl sites for hydroxylation is 1. The summed E-state index contributed by atoms with van der Waals surface area (Å²) in [5.41, 5.74) is 4.36. The highest BCUT2D eigenvalue weighted by Gasteiger charge is 2.35. The average molecular weight is 523 g/mol. The van der Waals surface area contributed by atoms with Crippen LogP contribution in [-0.2, 0) is 23.1 Å². The van der Waals surface area contributed by atoms with Crippen LogP contribution < -0.4 is 10.0 Å². The van der Waals surface area contributed by atoms with Gasteiger partial charge in [-0.05, 0) is 51.0 Å². The average Bonchev–Trinajstić information content (AvgIpc) is 3.28. The zero-order valence-corrected chi connectivity index (χ0v) is 21.9. The number of aromatic nitrogens is 4. The van der Waals surface area contributed by atoms with Crippen LogP contribution in [0.25, 0.3) is 0 Å². The zero-order valence-electron chi connectivity index (χ0n) is 21.0. The molecule has 2 atom stereocenters. The minimum atomic E-state index is -3.47. The van der Waals surface area contributed by atoms with E-state index in [1.807, 2.05) is 30.2 Å². The standard InChI is InChI=1S/C25H30N8O3S/c1-16-4-5-20(13-27-16)29-25-28-12-19-14-32(15-22(19)30-25)21-7-9-33(17(2)10-21)24(34)18-6-8-26-23(11-18)31-37(3,35)36/h4-6,8,11-13,17,21H,7,9-10,14-15H2,1-3H3,(H,26,31)(H,28,29,30)/t17-,21?/m1/s1. The molecule has 12 heteroatoms. The molecule has 1 saturated heterocycles. The summed E-state index contributed by atoms with van der Waals surface area (Å²) in [6, 6.07) is 7.35. The Kier molecular flexibility index (Phi) is 6.78. The lowest BCUT2D eigenvalue weighted by atomic mass is 9.96. The zero-order chi connectivity index (χ0) is 26.2. The van der Waals surface area contributed by atoms with Crippen molar-refractivity contribution < 1.29 is 13.2 Å². The van der Waals surface area contributed by atoms with Crippen molar-refractivity contribution in [2.75, 3.05) is 22.8 Å². The number of carbonyl (C=O) groups excluding carboxylic acids is 1. The van der Waals surface area contributed by atoms with Gasteiger partial charge in [0.25, 0.3) is 5.91 Å². The van der Waals surface area contributed by atoms with E-state index in [0.717, 1.165) is 54.8 Å². The maximum atomic E-state index is 13.2. The lowest BCUT2D eigenvalue weighted by Crippen LogP contribution is -2.50.